The Balaban J connectivity index is 1.31. The van der Waals surface area contributed by atoms with E-state index in [1.807, 2.05) is 24.3 Å². The number of rotatable bonds is 5. The van der Waals surface area contributed by atoms with Crippen molar-refractivity contribution in [1.29, 1.82) is 0 Å². The number of furan rings is 1. The maximum absolute atomic E-state index is 12.5. The first-order valence-electron chi connectivity index (χ1n) is 10.0. The summed E-state index contributed by atoms with van der Waals surface area (Å²) in [5.74, 6) is 0.338. The lowest BCUT2D eigenvalue weighted by atomic mass is 10.1. The maximum Gasteiger partial charge on any atom is 0.287 e. The van der Waals surface area contributed by atoms with Crippen LogP contribution >= 0.6 is 0 Å². The molecule has 8 heteroatoms. The zero-order valence-corrected chi connectivity index (χ0v) is 17.0. The number of hydrogen-bond donors (Lipinski definition) is 3. The Morgan fingerprint density at radius 1 is 1.17 bits per heavy atom. The summed E-state index contributed by atoms with van der Waals surface area (Å²) in [5, 5.41) is 6.84. The first-order valence-corrected chi connectivity index (χ1v) is 10.0. The second-order valence-corrected chi connectivity index (χ2v) is 7.79. The normalized spacial score (nSPS) is 18.5. The van der Waals surface area contributed by atoms with Crippen molar-refractivity contribution in [3.63, 3.8) is 0 Å². The van der Waals surface area contributed by atoms with Gasteiger partial charge < -0.3 is 20.0 Å². The number of benzene rings is 1. The Bertz CT molecular complexity index is 1130. The zero-order chi connectivity index (χ0) is 21.3. The number of hydrogen-bond acceptors (Lipinski definition) is 5. The van der Waals surface area contributed by atoms with E-state index in [0.717, 1.165) is 18.2 Å². The van der Waals surface area contributed by atoms with E-state index in [1.54, 1.807) is 19.9 Å². The molecule has 0 spiro atoms. The Kier molecular flexibility index (Phi) is 5.39. The molecule has 30 heavy (non-hydrogen) atoms. The van der Waals surface area contributed by atoms with Gasteiger partial charge >= 0.3 is 0 Å². The van der Waals surface area contributed by atoms with Crippen molar-refractivity contribution in [2.45, 2.75) is 51.6 Å². The van der Waals surface area contributed by atoms with Crippen LogP contribution in [0.2, 0.25) is 0 Å². The molecule has 4 rings (SSSR count). The zero-order valence-electron chi connectivity index (χ0n) is 17.0. The average Bonchev–Trinajstić information content (AvgIpc) is 3.31. The molecule has 2 amide bonds. The Labute approximate surface area is 173 Å². The van der Waals surface area contributed by atoms with E-state index in [1.165, 1.54) is 0 Å². The number of nitrogens with zero attached hydrogens (tertiary/aromatic N) is 1. The highest BCUT2D eigenvalue weighted by Gasteiger charge is 2.28. The predicted octanol–water partition coefficient (Wildman–Crippen LogP) is 2.14. The van der Waals surface area contributed by atoms with Crippen molar-refractivity contribution in [3.05, 3.63) is 63.5 Å². The molecule has 0 aliphatic heterocycles. The minimum atomic E-state index is -0.280. The molecule has 8 nitrogen and oxygen atoms in total. The van der Waals surface area contributed by atoms with Crippen LogP contribution in [-0.2, 0) is 11.2 Å². The van der Waals surface area contributed by atoms with Crippen LogP contribution in [0.1, 0.15) is 46.9 Å². The van der Waals surface area contributed by atoms with Gasteiger partial charge in [0, 0.05) is 28.7 Å². The summed E-state index contributed by atoms with van der Waals surface area (Å²) >= 11 is 0. The SMILES string of the molecule is Cc1nc(C)c(CC(=O)N[C@H]2CC[C@@H](NC(=O)c3cc4ccccc4o3)C2)c(=O)[nH]1. The van der Waals surface area contributed by atoms with E-state index < -0.39 is 0 Å². The number of carbonyl (C=O) groups is 2. The van der Waals surface area contributed by atoms with Crippen LogP contribution in [0.4, 0.5) is 0 Å². The highest BCUT2D eigenvalue weighted by atomic mass is 16.3. The minimum Gasteiger partial charge on any atom is -0.451 e. The van der Waals surface area contributed by atoms with Crippen molar-refractivity contribution in [2.24, 2.45) is 0 Å². The van der Waals surface area contributed by atoms with E-state index in [2.05, 4.69) is 20.6 Å². The van der Waals surface area contributed by atoms with Crippen LogP contribution in [0.3, 0.4) is 0 Å². The van der Waals surface area contributed by atoms with E-state index in [4.69, 9.17) is 4.42 Å². The van der Waals surface area contributed by atoms with Crippen LogP contribution in [-0.4, -0.2) is 33.9 Å². The topological polar surface area (TPSA) is 117 Å². The fourth-order valence-electron chi connectivity index (χ4n) is 3.99. The molecular weight excluding hydrogens is 384 g/mol. The molecule has 156 valence electrons. The molecule has 0 unspecified atom stereocenters. The predicted molar refractivity (Wildman–Crippen MR) is 111 cm³/mol. The largest absolute Gasteiger partial charge is 0.451 e. The van der Waals surface area contributed by atoms with Crippen LogP contribution in [0, 0.1) is 13.8 Å². The van der Waals surface area contributed by atoms with Crippen LogP contribution < -0.4 is 16.2 Å². The number of amides is 2. The third kappa shape index (κ3) is 4.27. The van der Waals surface area contributed by atoms with E-state index >= 15 is 0 Å². The lowest BCUT2D eigenvalue weighted by Crippen LogP contribution is -2.38. The molecule has 3 aromatic rings. The van der Waals surface area contributed by atoms with Gasteiger partial charge in [0.25, 0.3) is 11.5 Å². The van der Waals surface area contributed by atoms with Crippen LogP contribution in [0.25, 0.3) is 11.0 Å². The number of para-hydroxylation sites is 1. The Morgan fingerprint density at radius 3 is 2.63 bits per heavy atom. The average molecular weight is 408 g/mol. The molecule has 0 bridgehead atoms. The van der Waals surface area contributed by atoms with Gasteiger partial charge in [0.05, 0.1) is 6.42 Å². The number of fused-ring (bicyclic) bond motifs is 1. The third-order valence-corrected chi connectivity index (χ3v) is 5.46. The lowest BCUT2D eigenvalue weighted by molar-refractivity contribution is -0.121. The Hall–Kier alpha value is -3.42. The van der Waals surface area contributed by atoms with Crippen molar-refractivity contribution in [3.8, 4) is 0 Å². The van der Waals surface area contributed by atoms with Crippen molar-refractivity contribution < 1.29 is 14.0 Å². The summed E-state index contributed by atoms with van der Waals surface area (Å²) in [7, 11) is 0. The molecule has 0 radical (unpaired) electrons. The minimum absolute atomic E-state index is 0.0129. The van der Waals surface area contributed by atoms with Gasteiger partial charge in [-0.25, -0.2) is 4.98 Å². The third-order valence-electron chi connectivity index (χ3n) is 5.46. The highest BCUT2D eigenvalue weighted by molar-refractivity contribution is 5.96. The first kappa shape index (κ1) is 19.9. The maximum atomic E-state index is 12.5. The smallest absolute Gasteiger partial charge is 0.287 e. The monoisotopic (exact) mass is 408 g/mol. The molecule has 1 saturated carbocycles. The molecule has 1 fully saturated rings. The molecule has 1 aromatic carbocycles. The lowest BCUT2D eigenvalue weighted by Gasteiger charge is -2.14. The van der Waals surface area contributed by atoms with E-state index in [-0.39, 0.29) is 41.6 Å². The van der Waals surface area contributed by atoms with E-state index in [0.29, 0.717) is 29.1 Å². The summed E-state index contributed by atoms with van der Waals surface area (Å²) in [6.45, 7) is 3.43. The van der Waals surface area contributed by atoms with Crippen molar-refractivity contribution >= 4 is 22.8 Å². The first-order chi connectivity index (χ1) is 14.4. The fraction of sp³-hybridized carbons (Fsp3) is 0.364. The second kappa shape index (κ2) is 8.14. The molecule has 1 aliphatic rings. The van der Waals surface area contributed by atoms with Gasteiger partial charge in [0.2, 0.25) is 5.91 Å². The molecule has 1 aliphatic carbocycles. The molecule has 3 N–H and O–H groups in total. The van der Waals surface area contributed by atoms with Gasteiger partial charge in [-0.3, -0.25) is 14.4 Å². The van der Waals surface area contributed by atoms with Crippen LogP contribution in [0.15, 0.2) is 39.5 Å². The number of H-pyrrole nitrogens is 1. The number of aryl methyl sites for hydroxylation is 2. The van der Waals surface area contributed by atoms with Gasteiger partial charge in [0.15, 0.2) is 5.76 Å². The molecule has 2 heterocycles. The quantitative estimate of drug-likeness (QED) is 0.598. The summed E-state index contributed by atoms with van der Waals surface area (Å²) in [4.78, 5) is 43.8. The van der Waals surface area contributed by atoms with Gasteiger partial charge in [-0.1, -0.05) is 18.2 Å². The number of carbonyl (C=O) groups excluding carboxylic acids is 2. The summed E-state index contributed by atoms with van der Waals surface area (Å²) in [6.07, 6.45) is 2.15. The van der Waals surface area contributed by atoms with Gasteiger partial charge in [0.1, 0.15) is 11.4 Å². The number of aromatic amines is 1. The number of nitrogens with one attached hydrogen (secondary N) is 3. The summed E-state index contributed by atoms with van der Waals surface area (Å²) in [6, 6.07) is 9.12. The van der Waals surface area contributed by atoms with Gasteiger partial charge in [-0.05, 0) is 45.2 Å². The summed E-state index contributed by atoms with van der Waals surface area (Å²) in [5.41, 5.74) is 1.34. The highest BCUT2D eigenvalue weighted by Crippen LogP contribution is 2.22. The number of aromatic nitrogens is 2. The Morgan fingerprint density at radius 2 is 1.90 bits per heavy atom. The molecule has 2 atom stereocenters. The molecule has 0 saturated heterocycles. The van der Waals surface area contributed by atoms with Crippen LogP contribution in [0.5, 0.6) is 0 Å². The molecular formula is C22H24N4O4. The summed E-state index contributed by atoms with van der Waals surface area (Å²) < 4.78 is 5.61. The second-order valence-electron chi connectivity index (χ2n) is 7.79. The fourth-order valence-corrected chi connectivity index (χ4v) is 3.99. The van der Waals surface area contributed by atoms with Gasteiger partial charge in [-0.2, -0.15) is 0 Å². The molecule has 2 aromatic heterocycles. The van der Waals surface area contributed by atoms with Gasteiger partial charge in [-0.15, -0.1) is 0 Å². The standard InChI is InChI=1S/C22H24N4O4/c1-12-17(21(28)24-13(2)23-12)11-20(27)25-15-7-8-16(10-15)26-22(29)19-9-14-5-3-4-6-18(14)30-19/h3-6,9,15-16H,7-8,10-11H2,1-2H3,(H,25,27)(H,26,29)(H,23,24,28)/t15-,16+/m0/s1. The van der Waals surface area contributed by atoms with Crippen molar-refractivity contribution in [1.82, 2.24) is 20.6 Å². The van der Waals surface area contributed by atoms with E-state index in [9.17, 15) is 14.4 Å². The van der Waals surface area contributed by atoms with Crippen molar-refractivity contribution in [2.75, 3.05) is 0 Å².